The largest absolute Gasteiger partial charge is 0.497 e. The Bertz CT molecular complexity index is 828. The van der Waals surface area contributed by atoms with Gasteiger partial charge in [-0.05, 0) is 41.0 Å². The second-order valence-corrected chi connectivity index (χ2v) is 7.60. The minimum Gasteiger partial charge on any atom is -0.497 e. The second kappa shape index (κ2) is 7.67. The van der Waals surface area contributed by atoms with E-state index in [1.165, 1.54) is 5.56 Å². The van der Waals surface area contributed by atoms with Crippen molar-refractivity contribution in [3.63, 3.8) is 0 Å². The summed E-state index contributed by atoms with van der Waals surface area (Å²) in [5, 5.41) is 0. The van der Waals surface area contributed by atoms with Gasteiger partial charge in [-0.2, -0.15) is 0 Å². The van der Waals surface area contributed by atoms with Crippen LogP contribution in [0.1, 0.15) is 22.8 Å². The van der Waals surface area contributed by atoms with Gasteiger partial charge in [-0.1, -0.05) is 54.6 Å². The third kappa shape index (κ3) is 3.43. The van der Waals surface area contributed by atoms with Gasteiger partial charge in [0.25, 0.3) is 0 Å². The summed E-state index contributed by atoms with van der Waals surface area (Å²) in [5.74, 6) is 2.57. The van der Waals surface area contributed by atoms with Gasteiger partial charge in [-0.3, -0.25) is 0 Å². The number of benzene rings is 3. The van der Waals surface area contributed by atoms with Crippen LogP contribution in [0, 0.1) is 0 Å². The van der Waals surface area contributed by atoms with Gasteiger partial charge >= 0.3 is 0 Å². The number of thioether (sulfide) groups is 1. The molecule has 0 saturated carbocycles. The maximum atomic E-state index is 6.74. The Balaban J connectivity index is 1.75. The Morgan fingerprint density at radius 1 is 0.778 bits per heavy atom. The Labute approximate surface area is 164 Å². The maximum absolute atomic E-state index is 6.74. The summed E-state index contributed by atoms with van der Waals surface area (Å²) in [6, 6.07) is 26.7. The van der Waals surface area contributed by atoms with E-state index in [-0.39, 0.29) is 6.10 Å². The lowest BCUT2D eigenvalue weighted by Crippen LogP contribution is -2.24. The smallest absolute Gasteiger partial charge is 0.165 e. The zero-order valence-corrected chi connectivity index (χ0v) is 16.2. The van der Waals surface area contributed by atoms with E-state index in [1.807, 2.05) is 42.1 Å². The van der Waals surface area contributed by atoms with E-state index in [0.717, 1.165) is 28.4 Å². The van der Waals surface area contributed by atoms with Crippen molar-refractivity contribution in [1.29, 1.82) is 0 Å². The standard InChI is InChI=1S/C23H22O3S/c1-24-20-12-8-18(9-13-20)23(19-10-14-21(25-2)15-11-19)26-22(16-27-23)17-6-4-3-5-7-17/h3-15,22H,16H2,1-2H3/t22-/m0/s1. The Hall–Kier alpha value is -2.43. The highest BCUT2D eigenvalue weighted by molar-refractivity contribution is 8.00. The molecule has 0 amide bonds. The van der Waals surface area contributed by atoms with Crippen molar-refractivity contribution >= 4 is 11.8 Å². The molecule has 3 aromatic rings. The van der Waals surface area contributed by atoms with Crippen LogP contribution in [-0.2, 0) is 9.67 Å². The molecule has 27 heavy (non-hydrogen) atoms. The van der Waals surface area contributed by atoms with Crippen molar-refractivity contribution in [3.8, 4) is 11.5 Å². The molecule has 0 bridgehead atoms. The molecule has 1 heterocycles. The molecule has 4 rings (SSSR count). The van der Waals surface area contributed by atoms with Gasteiger partial charge in [0.2, 0.25) is 0 Å². The Kier molecular flexibility index (Phi) is 5.10. The zero-order chi connectivity index (χ0) is 18.7. The van der Waals surface area contributed by atoms with Crippen molar-refractivity contribution in [2.75, 3.05) is 20.0 Å². The van der Waals surface area contributed by atoms with Crippen LogP contribution in [0.2, 0.25) is 0 Å². The number of hydrogen-bond donors (Lipinski definition) is 0. The van der Waals surface area contributed by atoms with E-state index < -0.39 is 4.93 Å². The summed E-state index contributed by atoms with van der Waals surface area (Å²) in [4.78, 5) is -0.556. The number of hydrogen-bond acceptors (Lipinski definition) is 4. The monoisotopic (exact) mass is 378 g/mol. The van der Waals surface area contributed by atoms with Crippen molar-refractivity contribution in [3.05, 3.63) is 95.6 Å². The van der Waals surface area contributed by atoms with E-state index >= 15 is 0 Å². The summed E-state index contributed by atoms with van der Waals surface area (Å²) in [6.45, 7) is 0. The van der Waals surface area contributed by atoms with E-state index in [0.29, 0.717) is 0 Å². The van der Waals surface area contributed by atoms with Gasteiger partial charge < -0.3 is 14.2 Å². The minimum atomic E-state index is -0.556. The Morgan fingerprint density at radius 3 is 1.78 bits per heavy atom. The predicted molar refractivity (Wildman–Crippen MR) is 109 cm³/mol. The second-order valence-electron chi connectivity index (χ2n) is 6.40. The van der Waals surface area contributed by atoms with Crippen LogP contribution in [0.25, 0.3) is 0 Å². The molecule has 0 aromatic heterocycles. The molecular weight excluding hydrogens is 356 g/mol. The van der Waals surface area contributed by atoms with Crippen molar-refractivity contribution < 1.29 is 14.2 Å². The normalized spacial score (nSPS) is 18.2. The summed E-state index contributed by atoms with van der Waals surface area (Å²) < 4.78 is 17.4. The van der Waals surface area contributed by atoms with Gasteiger partial charge in [0, 0.05) is 5.75 Å². The first kappa shape index (κ1) is 18.0. The number of rotatable bonds is 5. The average Bonchev–Trinajstić information content (AvgIpc) is 3.21. The van der Waals surface area contributed by atoms with Crippen LogP contribution in [0.4, 0.5) is 0 Å². The molecule has 0 spiro atoms. The van der Waals surface area contributed by atoms with Crippen LogP contribution in [0.5, 0.6) is 11.5 Å². The Morgan fingerprint density at radius 2 is 1.30 bits per heavy atom. The fourth-order valence-electron chi connectivity index (χ4n) is 3.38. The quantitative estimate of drug-likeness (QED) is 0.593. The molecule has 1 saturated heterocycles. The van der Waals surface area contributed by atoms with Crippen LogP contribution in [-0.4, -0.2) is 20.0 Å². The molecule has 3 aromatic carbocycles. The highest BCUT2D eigenvalue weighted by atomic mass is 32.2. The number of ether oxygens (including phenoxy) is 3. The summed E-state index contributed by atoms with van der Waals surface area (Å²) >= 11 is 1.82. The lowest BCUT2D eigenvalue weighted by atomic mass is 9.99. The third-order valence-electron chi connectivity index (χ3n) is 4.86. The molecule has 0 radical (unpaired) electrons. The van der Waals surface area contributed by atoms with Crippen LogP contribution in [0.15, 0.2) is 78.9 Å². The molecule has 1 fully saturated rings. The first-order valence-electron chi connectivity index (χ1n) is 8.91. The fraction of sp³-hybridized carbons (Fsp3) is 0.217. The van der Waals surface area contributed by atoms with Crippen molar-refractivity contribution in [2.24, 2.45) is 0 Å². The van der Waals surface area contributed by atoms with E-state index in [2.05, 4.69) is 48.5 Å². The molecule has 0 N–H and O–H groups in total. The fourth-order valence-corrected chi connectivity index (χ4v) is 4.82. The van der Waals surface area contributed by atoms with Crippen molar-refractivity contribution in [2.45, 2.75) is 11.0 Å². The van der Waals surface area contributed by atoms with Crippen LogP contribution in [0.3, 0.4) is 0 Å². The topological polar surface area (TPSA) is 27.7 Å². The summed E-state index contributed by atoms with van der Waals surface area (Å²) in [6.07, 6.45) is 0.0420. The van der Waals surface area contributed by atoms with Gasteiger partial charge in [0.1, 0.15) is 11.5 Å². The molecule has 3 nitrogen and oxygen atoms in total. The lowest BCUT2D eigenvalue weighted by Gasteiger charge is -2.30. The number of methoxy groups -OCH3 is 2. The van der Waals surface area contributed by atoms with Crippen molar-refractivity contribution in [1.82, 2.24) is 0 Å². The maximum Gasteiger partial charge on any atom is 0.165 e. The highest BCUT2D eigenvalue weighted by Gasteiger charge is 2.44. The molecule has 0 unspecified atom stereocenters. The van der Waals surface area contributed by atoms with Crippen LogP contribution >= 0.6 is 11.8 Å². The minimum absolute atomic E-state index is 0.0420. The first-order chi connectivity index (χ1) is 13.2. The zero-order valence-electron chi connectivity index (χ0n) is 15.4. The van der Waals surface area contributed by atoms with Gasteiger partial charge in [0.05, 0.1) is 20.3 Å². The van der Waals surface area contributed by atoms with Gasteiger partial charge in [-0.25, -0.2) is 0 Å². The third-order valence-corrected chi connectivity index (χ3v) is 6.30. The van der Waals surface area contributed by atoms with Crippen LogP contribution < -0.4 is 9.47 Å². The summed E-state index contributed by atoms with van der Waals surface area (Å²) in [5.41, 5.74) is 3.42. The average molecular weight is 378 g/mol. The molecular formula is C23H22O3S. The van der Waals surface area contributed by atoms with E-state index in [1.54, 1.807) is 14.2 Å². The molecule has 138 valence electrons. The predicted octanol–water partition coefficient (Wildman–Crippen LogP) is 5.41. The van der Waals surface area contributed by atoms with Gasteiger partial charge in [-0.15, -0.1) is 11.8 Å². The van der Waals surface area contributed by atoms with E-state index in [4.69, 9.17) is 14.2 Å². The SMILES string of the molecule is COc1ccc(C2(c3ccc(OC)cc3)O[C@H](c3ccccc3)CS2)cc1. The molecule has 1 aliphatic rings. The first-order valence-corrected chi connectivity index (χ1v) is 9.89. The highest BCUT2D eigenvalue weighted by Crippen LogP contribution is 2.54. The summed E-state index contributed by atoms with van der Waals surface area (Å²) in [7, 11) is 3.36. The molecule has 1 atom stereocenters. The molecule has 4 heteroatoms. The van der Waals surface area contributed by atoms with Gasteiger partial charge in [0.15, 0.2) is 4.93 Å². The molecule has 1 aliphatic heterocycles. The molecule has 0 aliphatic carbocycles. The van der Waals surface area contributed by atoms with E-state index in [9.17, 15) is 0 Å². The lowest BCUT2D eigenvalue weighted by molar-refractivity contribution is 0.0138.